The van der Waals surface area contributed by atoms with Crippen LogP contribution < -0.4 is 10.5 Å². The van der Waals surface area contributed by atoms with E-state index in [1.807, 2.05) is 6.07 Å². The molecule has 3 N–H and O–H groups in total. The molecule has 0 aliphatic rings. The van der Waals surface area contributed by atoms with E-state index in [-0.39, 0.29) is 15.7 Å². The van der Waals surface area contributed by atoms with Gasteiger partial charge in [0, 0.05) is 12.1 Å². The first-order chi connectivity index (χ1) is 9.38. The molecule has 0 aliphatic heterocycles. The molecule has 0 spiro atoms. The minimum Gasteiger partial charge on any atom is -0.389 e. The molecule has 0 bridgehead atoms. The highest BCUT2D eigenvalue weighted by Gasteiger charge is 2.16. The van der Waals surface area contributed by atoms with Crippen molar-refractivity contribution in [3.63, 3.8) is 0 Å². The summed E-state index contributed by atoms with van der Waals surface area (Å²) in [6.07, 6.45) is 0. The minimum atomic E-state index is -3.50. The maximum Gasteiger partial charge on any atom is 0.250 e. The van der Waals surface area contributed by atoms with Gasteiger partial charge in [-0.1, -0.05) is 30.4 Å². The van der Waals surface area contributed by atoms with Gasteiger partial charge >= 0.3 is 0 Å². The Morgan fingerprint density at radius 1 is 1.35 bits per heavy atom. The lowest BCUT2D eigenvalue weighted by Gasteiger charge is -2.06. The standard InChI is InChI=1S/C12H11BrN2O2S3/c13-10-4-5-11(19-10)20(16,17)15-7-8-2-1-3-9(6-8)12(14)18/h1-6,15H,7H2,(H2,14,18). The summed E-state index contributed by atoms with van der Waals surface area (Å²) in [6.45, 7) is 0.189. The van der Waals surface area contributed by atoms with Crippen LogP contribution in [0.5, 0.6) is 0 Å². The Balaban J connectivity index is 2.12. The molecule has 0 saturated heterocycles. The molecular weight excluding hydrogens is 380 g/mol. The number of benzene rings is 1. The van der Waals surface area contributed by atoms with Crippen molar-refractivity contribution in [1.82, 2.24) is 4.72 Å². The molecule has 1 aromatic carbocycles. The van der Waals surface area contributed by atoms with Crippen LogP contribution >= 0.6 is 39.5 Å². The van der Waals surface area contributed by atoms with Crippen LogP contribution in [-0.4, -0.2) is 13.4 Å². The monoisotopic (exact) mass is 390 g/mol. The zero-order valence-corrected chi connectivity index (χ0v) is 14.2. The van der Waals surface area contributed by atoms with E-state index in [0.29, 0.717) is 0 Å². The molecule has 0 atom stereocenters. The van der Waals surface area contributed by atoms with Crippen LogP contribution in [0.4, 0.5) is 0 Å². The van der Waals surface area contributed by atoms with E-state index < -0.39 is 10.0 Å². The summed E-state index contributed by atoms with van der Waals surface area (Å²) in [4.78, 5) is 0.289. The molecule has 8 heteroatoms. The molecule has 0 radical (unpaired) electrons. The molecule has 0 unspecified atom stereocenters. The van der Waals surface area contributed by atoms with Gasteiger partial charge in [0.25, 0.3) is 0 Å². The van der Waals surface area contributed by atoms with Crippen LogP contribution in [0.15, 0.2) is 44.4 Å². The van der Waals surface area contributed by atoms with Gasteiger partial charge in [-0.05, 0) is 39.7 Å². The number of nitrogens with one attached hydrogen (secondary N) is 1. The zero-order valence-electron chi connectivity index (χ0n) is 10.2. The average molecular weight is 391 g/mol. The molecule has 2 rings (SSSR count). The molecule has 0 saturated carbocycles. The van der Waals surface area contributed by atoms with Gasteiger partial charge in [-0.2, -0.15) is 0 Å². The molecule has 4 nitrogen and oxygen atoms in total. The fourth-order valence-corrected chi connectivity index (χ4v) is 4.73. The minimum absolute atomic E-state index is 0.189. The second-order valence-corrected chi connectivity index (χ2v) is 8.84. The Morgan fingerprint density at radius 2 is 2.10 bits per heavy atom. The predicted octanol–water partition coefficient (Wildman–Crippen LogP) is 2.62. The smallest absolute Gasteiger partial charge is 0.250 e. The summed E-state index contributed by atoms with van der Waals surface area (Å²) in [5.41, 5.74) is 7.07. The van der Waals surface area contributed by atoms with E-state index in [0.717, 1.165) is 26.3 Å². The number of thiocarbonyl (C=S) groups is 1. The lowest BCUT2D eigenvalue weighted by atomic mass is 10.1. The molecule has 106 valence electrons. The van der Waals surface area contributed by atoms with Crippen molar-refractivity contribution in [3.05, 3.63) is 51.3 Å². The van der Waals surface area contributed by atoms with Gasteiger partial charge in [0.2, 0.25) is 10.0 Å². The molecule has 0 amide bonds. The summed E-state index contributed by atoms with van der Waals surface area (Å²) in [5, 5.41) is 0. The predicted molar refractivity (Wildman–Crippen MR) is 88.4 cm³/mol. The van der Waals surface area contributed by atoms with Gasteiger partial charge in [0.1, 0.15) is 9.20 Å². The summed E-state index contributed by atoms with van der Waals surface area (Å²) >= 11 is 9.30. The third-order valence-electron chi connectivity index (χ3n) is 2.49. The zero-order chi connectivity index (χ0) is 14.8. The maximum absolute atomic E-state index is 12.1. The summed E-state index contributed by atoms with van der Waals surface area (Å²) in [7, 11) is -3.50. The van der Waals surface area contributed by atoms with Gasteiger partial charge in [-0.15, -0.1) is 11.3 Å². The summed E-state index contributed by atoms with van der Waals surface area (Å²) in [6, 6.07) is 10.4. The van der Waals surface area contributed by atoms with E-state index in [1.165, 1.54) is 0 Å². The number of nitrogens with two attached hydrogens (primary N) is 1. The van der Waals surface area contributed by atoms with E-state index in [2.05, 4.69) is 20.7 Å². The lowest BCUT2D eigenvalue weighted by molar-refractivity contribution is 0.583. The van der Waals surface area contributed by atoms with Crippen LogP contribution in [0.25, 0.3) is 0 Å². The number of hydrogen-bond donors (Lipinski definition) is 2. The van der Waals surface area contributed by atoms with Crippen molar-refractivity contribution >= 4 is 54.5 Å². The van der Waals surface area contributed by atoms with Crippen LogP contribution in [-0.2, 0) is 16.6 Å². The Labute approximate surface area is 135 Å². The van der Waals surface area contributed by atoms with Crippen molar-refractivity contribution in [3.8, 4) is 0 Å². The van der Waals surface area contributed by atoms with E-state index in [4.69, 9.17) is 18.0 Å². The molecule has 1 aromatic heterocycles. The van der Waals surface area contributed by atoms with Crippen molar-refractivity contribution in [2.24, 2.45) is 5.73 Å². The normalized spacial score (nSPS) is 11.4. The van der Waals surface area contributed by atoms with Gasteiger partial charge in [0.05, 0.1) is 3.79 Å². The number of sulfonamides is 1. The van der Waals surface area contributed by atoms with Crippen molar-refractivity contribution in [1.29, 1.82) is 0 Å². The highest BCUT2D eigenvalue weighted by Crippen LogP contribution is 2.25. The number of thiophene rings is 1. The van der Waals surface area contributed by atoms with Crippen LogP contribution in [0.3, 0.4) is 0 Å². The first kappa shape index (κ1) is 15.6. The summed E-state index contributed by atoms with van der Waals surface area (Å²) in [5.74, 6) is 0. The molecule has 1 heterocycles. The van der Waals surface area contributed by atoms with E-state index >= 15 is 0 Å². The Morgan fingerprint density at radius 3 is 2.70 bits per heavy atom. The molecule has 2 aromatic rings. The second kappa shape index (κ2) is 6.31. The summed E-state index contributed by atoms with van der Waals surface area (Å²) < 4.78 is 27.7. The lowest BCUT2D eigenvalue weighted by Crippen LogP contribution is -2.22. The molecule has 0 fully saturated rings. The third-order valence-corrected chi connectivity index (χ3v) is 6.24. The fraction of sp³-hybridized carbons (Fsp3) is 0.0833. The topological polar surface area (TPSA) is 72.2 Å². The van der Waals surface area contributed by atoms with E-state index in [9.17, 15) is 8.42 Å². The Kier molecular flexibility index (Phi) is 4.92. The van der Waals surface area contributed by atoms with Crippen molar-refractivity contribution < 1.29 is 8.42 Å². The maximum atomic E-state index is 12.1. The van der Waals surface area contributed by atoms with Crippen LogP contribution in [0, 0.1) is 0 Å². The van der Waals surface area contributed by atoms with Gasteiger partial charge in [-0.3, -0.25) is 0 Å². The largest absolute Gasteiger partial charge is 0.389 e. The number of halogens is 1. The van der Waals surface area contributed by atoms with Crippen molar-refractivity contribution in [2.75, 3.05) is 0 Å². The van der Waals surface area contributed by atoms with Crippen LogP contribution in [0.1, 0.15) is 11.1 Å². The fourth-order valence-electron chi connectivity index (χ4n) is 1.53. The Bertz CT molecular complexity index is 741. The third kappa shape index (κ3) is 3.86. The highest BCUT2D eigenvalue weighted by molar-refractivity contribution is 9.11. The second-order valence-electron chi connectivity index (χ2n) is 3.95. The quantitative estimate of drug-likeness (QED) is 0.769. The number of rotatable bonds is 5. The average Bonchev–Trinajstić information content (AvgIpc) is 2.84. The highest BCUT2D eigenvalue weighted by atomic mass is 79.9. The van der Waals surface area contributed by atoms with E-state index in [1.54, 1.807) is 30.3 Å². The van der Waals surface area contributed by atoms with Crippen LogP contribution in [0.2, 0.25) is 0 Å². The SMILES string of the molecule is NC(=S)c1cccc(CNS(=O)(=O)c2ccc(Br)s2)c1. The number of hydrogen-bond acceptors (Lipinski definition) is 4. The molecular formula is C12H11BrN2O2S3. The van der Waals surface area contributed by atoms with Gasteiger partial charge < -0.3 is 5.73 Å². The Hall–Kier alpha value is -0.800. The first-order valence-electron chi connectivity index (χ1n) is 5.52. The molecule has 20 heavy (non-hydrogen) atoms. The molecule has 0 aliphatic carbocycles. The van der Waals surface area contributed by atoms with Gasteiger partial charge in [-0.25, -0.2) is 13.1 Å². The van der Waals surface area contributed by atoms with Gasteiger partial charge in [0.15, 0.2) is 0 Å². The first-order valence-corrected chi connectivity index (χ1v) is 9.02. The van der Waals surface area contributed by atoms with Crippen molar-refractivity contribution in [2.45, 2.75) is 10.8 Å².